The van der Waals surface area contributed by atoms with E-state index in [1.807, 2.05) is 19.2 Å². The predicted octanol–water partition coefficient (Wildman–Crippen LogP) is 3.00. The summed E-state index contributed by atoms with van der Waals surface area (Å²) in [5.74, 6) is 1.79. The molecule has 1 N–H and O–H groups in total. The second-order valence-corrected chi connectivity index (χ2v) is 6.24. The summed E-state index contributed by atoms with van der Waals surface area (Å²) in [5.41, 5.74) is 0. The normalized spacial score (nSPS) is 11.7. The van der Waals surface area contributed by atoms with Gasteiger partial charge in [-0.05, 0) is 36.4 Å². The van der Waals surface area contributed by atoms with Crippen LogP contribution in [0.3, 0.4) is 0 Å². The number of nitrogens with zero attached hydrogens (tertiary/aromatic N) is 2. The SMILES string of the molecule is CN=C(NCCCOCc1ccco1)N(C)CCc1cccs1. The van der Waals surface area contributed by atoms with Crippen LogP contribution in [0.1, 0.15) is 17.1 Å². The number of ether oxygens (including phenoxy) is 1. The molecule has 6 heteroatoms. The van der Waals surface area contributed by atoms with Gasteiger partial charge in [0.05, 0.1) is 6.26 Å². The average Bonchev–Trinajstić information content (AvgIpc) is 3.25. The first kappa shape index (κ1) is 17.6. The molecule has 2 aromatic rings. The van der Waals surface area contributed by atoms with Gasteiger partial charge in [0, 0.05) is 38.7 Å². The third-order valence-electron chi connectivity index (χ3n) is 3.42. The minimum atomic E-state index is 0.530. The lowest BCUT2D eigenvalue weighted by molar-refractivity contribution is 0.104. The first-order valence-corrected chi connectivity index (χ1v) is 8.72. The summed E-state index contributed by atoms with van der Waals surface area (Å²) in [4.78, 5) is 7.88. The van der Waals surface area contributed by atoms with E-state index in [4.69, 9.17) is 9.15 Å². The molecule has 0 amide bonds. The van der Waals surface area contributed by atoms with Crippen LogP contribution in [0.4, 0.5) is 0 Å². The maximum atomic E-state index is 5.56. The molecule has 0 fully saturated rings. The van der Waals surface area contributed by atoms with E-state index in [-0.39, 0.29) is 0 Å². The van der Waals surface area contributed by atoms with Gasteiger partial charge in [-0.25, -0.2) is 0 Å². The minimum absolute atomic E-state index is 0.530. The smallest absolute Gasteiger partial charge is 0.193 e. The fourth-order valence-corrected chi connectivity index (χ4v) is 2.86. The summed E-state index contributed by atoms with van der Waals surface area (Å²) in [5, 5.41) is 5.49. The van der Waals surface area contributed by atoms with Crippen molar-refractivity contribution in [1.82, 2.24) is 10.2 Å². The highest BCUT2D eigenvalue weighted by atomic mass is 32.1. The van der Waals surface area contributed by atoms with Crippen molar-refractivity contribution in [3.63, 3.8) is 0 Å². The Hall–Kier alpha value is -1.79. The van der Waals surface area contributed by atoms with Crippen LogP contribution >= 0.6 is 11.3 Å². The zero-order chi connectivity index (χ0) is 16.3. The number of hydrogen-bond acceptors (Lipinski definition) is 4. The number of aliphatic imine (C=N–C) groups is 1. The number of hydrogen-bond donors (Lipinski definition) is 1. The van der Waals surface area contributed by atoms with Gasteiger partial charge in [0.15, 0.2) is 5.96 Å². The van der Waals surface area contributed by atoms with Crippen molar-refractivity contribution < 1.29 is 9.15 Å². The third-order valence-corrected chi connectivity index (χ3v) is 4.36. The van der Waals surface area contributed by atoms with Crippen molar-refractivity contribution in [2.75, 3.05) is 33.8 Å². The molecule has 0 unspecified atom stereocenters. The third kappa shape index (κ3) is 6.46. The molecule has 2 aromatic heterocycles. The molecule has 0 radical (unpaired) electrons. The molecule has 0 aliphatic heterocycles. The fraction of sp³-hybridized carbons (Fsp3) is 0.471. The van der Waals surface area contributed by atoms with Crippen LogP contribution in [-0.2, 0) is 17.8 Å². The van der Waals surface area contributed by atoms with Crippen LogP contribution in [0.5, 0.6) is 0 Å². The summed E-state index contributed by atoms with van der Waals surface area (Å²) >= 11 is 1.80. The minimum Gasteiger partial charge on any atom is -0.467 e. The van der Waals surface area contributed by atoms with Crippen LogP contribution < -0.4 is 5.32 Å². The Labute approximate surface area is 142 Å². The van der Waals surface area contributed by atoms with E-state index in [1.165, 1.54) is 4.88 Å². The maximum Gasteiger partial charge on any atom is 0.193 e. The van der Waals surface area contributed by atoms with Gasteiger partial charge in [0.2, 0.25) is 0 Å². The molecule has 0 bridgehead atoms. The molecule has 126 valence electrons. The van der Waals surface area contributed by atoms with E-state index in [2.05, 4.69) is 39.8 Å². The van der Waals surface area contributed by atoms with Crippen LogP contribution in [0, 0.1) is 0 Å². The second kappa shape index (κ2) is 10.1. The van der Waals surface area contributed by atoms with Crippen molar-refractivity contribution in [2.24, 2.45) is 4.99 Å². The van der Waals surface area contributed by atoms with Gasteiger partial charge in [0.25, 0.3) is 0 Å². The molecule has 23 heavy (non-hydrogen) atoms. The highest BCUT2D eigenvalue weighted by Crippen LogP contribution is 2.09. The Bertz CT molecular complexity index is 552. The molecule has 0 aliphatic carbocycles. The maximum absolute atomic E-state index is 5.56. The highest BCUT2D eigenvalue weighted by molar-refractivity contribution is 7.09. The van der Waals surface area contributed by atoms with Crippen LogP contribution in [0.15, 0.2) is 45.3 Å². The first-order chi connectivity index (χ1) is 11.3. The van der Waals surface area contributed by atoms with E-state index in [0.717, 1.165) is 37.7 Å². The molecule has 0 aromatic carbocycles. The molecule has 0 spiro atoms. The largest absolute Gasteiger partial charge is 0.467 e. The Morgan fingerprint density at radius 3 is 3.00 bits per heavy atom. The van der Waals surface area contributed by atoms with Gasteiger partial charge in [-0.2, -0.15) is 0 Å². The summed E-state index contributed by atoms with van der Waals surface area (Å²) in [7, 11) is 3.88. The van der Waals surface area contributed by atoms with E-state index < -0.39 is 0 Å². The number of rotatable bonds is 9. The molecule has 5 nitrogen and oxygen atoms in total. The molecular weight excluding hydrogens is 310 g/mol. The zero-order valence-corrected chi connectivity index (χ0v) is 14.6. The number of nitrogens with one attached hydrogen (secondary N) is 1. The lowest BCUT2D eigenvalue weighted by atomic mass is 10.3. The number of furan rings is 1. The van der Waals surface area contributed by atoms with E-state index >= 15 is 0 Å². The Morgan fingerprint density at radius 1 is 1.39 bits per heavy atom. The number of thiophene rings is 1. The van der Waals surface area contributed by atoms with E-state index in [1.54, 1.807) is 17.6 Å². The number of guanidine groups is 1. The van der Waals surface area contributed by atoms with Gasteiger partial charge >= 0.3 is 0 Å². The standard InChI is InChI=1S/C17H25N3O2S/c1-18-17(20(2)10-8-16-7-4-13-23-16)19-9-5-11-21-14-15-6-3-12-22-15/h3-4,6-7,12-13H,5,8-11,14H2,1-2H3,(H,18,19). The Morgan fingerprint density at radius 2 is 2.30 bits per heavy atom. The van der Waals surface area contributed by atoms with Crippen LogP contribution in [0.2, 0.25) is 0 Å². The molecule has 0 aliphatic rings. The van der Waals surface area contributed by atoms with Crippen molar-refractivity contribution in [3.8, 4) is 0 Å². The Kier molecular flexibility index (Phi) is 7.69. The predicted molar refractivity (Wildman–Crippen MR) is 95.0 cm³/mol. The summed E-state index contributed by atoms with van der Waals surface area (Å²) < 4.78 is 10.8. The number of likely N-dealkylation sites (N-methyl/N-ethyl adjacent to an activating group) is 1. The molecule has 0 atom stereocenters. The topological polar surface area (TPSA) is 50.0 Å². The van der Waals surface area contributed by atoms with Gasteiger partial charge in [0.1, 0.15) is 12.4 Å². The van der Waals surface area contributed by atoms with Crippen molar-refractivity contribution in [1.29, 1.82) is 0 Å². The van der Waals surface area contributed by atoms with E-state index in [0.29, 0.717) is 13.2 Å². The van der Waals surface area contributed by atoms with Crippen molar-refractivity contribution in [3.05, 3.63) is 46.5 Å². The van der Waals surface area contributed by atoms with Gasteiger partial charge in [-0.1, -0.05) is 6.07 Å². The molecule has 2 heterocycles. The monoisotopic (exact) mass is 335 g/mol. The first-order valence-electron chi connectivity index (χ1n) is 7.84. The quantitative estimate of drug-likeness (QED) is 0.435. The summed E-state index contributed by atoms with van der Waals surface area (Å²) in [6, 6.07) is 8.06. The Balaban J connectivity index is 1.56. The average molecular weight is 335 g/mol. The lowest BCUT2D eigenvalue weighted by Gasteiger charge is -2.21. The van der Waals surface area contributed by atoms with Crippen LogP contribution in [-0.4, -0.2) is 44.7 Å². The lowest BCUT2D eigenvalue weighted by Crippen LogP contribution is -2.40. The van der Waals surface area contributed by atoms with Gasteiger partial charge in [-0.3, -0.25) is 4.99 Å². The molecule has 0 saturated carbocycles. The zero-order valence-electron chi connectivity index (χ0n) is 13.8. The molecule has 0 saturated heterocycles. The van der Waals surface area contributed by atoms with Gasteiger partial charge < -0.3 is 19.4 Å². The van der Waals surface area contributed by atoms with Crippen molar-refractivity contribution in [2.45, 2.75) is 19.4 Å². The second-order valence-electron chi connectivity index (χ2n) is 5.21. The van der Waals surface area contributed by atoms with E-state index in [9.17, 15) is 0 Å². The molecular formula is C17H25N3O2S. The summed E-state index contributed by atoms with van der Waals surface area (Å²) in [6.45, 7) is 3.02. The fourth-order valence-electron chi connectivity index (χ4n) is 2.17. The molecule has 2 rings (SSSR count). The van der Waals surface area contributed by atoms with Crippen molar-refractivity contribution >= 4 is 17.3 Å². The van der Waals surface area contributed by atoms with Gasteiger partial charge in [-0.15, -0.1) is 11.3 Å². The van der Waals surface area contributed by atoms with Crippen LogP contribution in [0.25, 0.3) is 0 Å². The highest BCUT2D eigenvalue weighted by Gasteiger charge is 2.05. The summed E-state index contributed by atoms with van der Waals surface area (Å²) in [6.07, 6.45) is 3.63.